The second-order valence-corrected chi connectivity index (χ2v) is 2.68. The molecule has 1 aromatic carbocycles. The van der Waals surface area contributed by atoms with E-state index in [1.807, 2.05) is 6.92 Å². The van der Waals surface area contributed by atoms with Crippen molar-refractivity contribution in [2.75, 3.05) is 13.7 Å². The lowest BCUT2D eigenvalue weighted by Gasteiger charge is -2.12. The molecule has 0 saturated carbocycles. The quantitative estimate of drug-likeness (QED) is 0.653. The van der Waals surface area contributed by atoms with Crippen LogP contribution in [0.15, 0.2) is 18.2 Å². The summed E-state index contributed by atoms with van der Waals surface area (Å²) >= 11 is 0. The molecule has 0 atom stereocenters. The van der Waals surface area contributed by atoms with E-state index in [1.54, 1.807) is 18.2 Å². The van der Waals surface area contributed by atoms with E-state index in [4.69, 9.17) is 19.5 Å². The molecular formula is C9H13BO4. The van der Waals surface area contributed by atoms with Crippen molar-refractivity contribution in [2.24, 2.45) is 0 Å². The van der Waals surface area contributed by atoms with Gasteiger partial charge in [0.2, 0.25) is 0 Å². The zero-order chi connectivity index (χ0) is 10.6. The van der Waals surface area contributed by atoms with E-state index in [0.29, 0.717) is 18.1 Å². The molecule has 5 heteroatoms. The van der Waals surface area contributed by atoms with E-state index in [1.165, 1.54) is 7.11 Å². The molecule has 0 fully saturated rings. The summed E-state index contributed by atoms with van der Waals surface area (Å²) in [6, 6.07) is 5.05. The van der Waals surface area contributed by atoms with Crippen molar-refractivity contribution < 1.29 is 19.5 Å². The van der Waals surface area contributed by atoms with Crippen LogP contribution in [0.1, 0.15) is 6.92 Å². The summed E-state index contributed by atoms with van der Waals surface area (Å²) in [6.07, 6.45) is 0. The van der Waals surface area contributed by atoms with Crippen LogP contribution < -0.4 is 14.9 Å². The first kappa shape index (κ1) is 10.9. The van der Waals surface area contributed by atoms with Gasteiger partial charge < -0.3 is 19.5 Å². The zero-order valence-corrected chi connectivity index (χ0v) is 8.23. The molecule has 0 radical (unpaired) electrons. The maximum Gasteiger partial charge on any atom is 0.496 e. The van der Waals surface area contributed by atoms with E-state index in [9.17, 15) is 0 Å². The number of hydrogen-bond donors (Lipinski definition) is 2. The summed E-state index contributed by atoms with van der Waals surface area (Å²) in [5.74, 6) is 0.841. The lowest BCUT2D eigenvalue weighted by molar-refractivity contribution is 0.336. The highest BCUT2D eigenvalue weighted by atomic mass is 16.5. The van der Waals surface area contributed by atoms with Gasteiger partial charge in [-0.05, 0) is 19.1 Å². The molecule has 0 aliphatic heterocycles. The van der Waals surface area contributed by atoms with Crippen LogP contribution in [0, 0.1) is 0 Å². The van der Waals surface area contributed by atoms with E-state index in [2.05, 4.69) is 0 Å². The molecule has 1 rings (SSSR count). The summed E-state index contributed by atoms with van der Waals surface area (Å²) < 4.78 is 10.2. The highest BCUT2D eigenvalue weighted by Crippen LogP contribution is 2.16. The Morgan fingerprint density at radius 3 is 2.43 bits per heavy atom. The van der Waals surface area contributed by atoms with Gasteiger partial charge in [0.25, 0.3) is 0 Å². The van der Waals surface area contributed by atoms with Gasteiger partial charge >= 0.3 is 7.12 Å². The van der Waals surface area contributed by atoms with Crippen molar-refractivity contribution in [1.29, 1.82) is 0 Å². The normalized spacial score (nSPS) is 9.71. The van der Waals surface area contributed by atoms with Gasteiger partial charge in [0, 0.05) is 0 Å². The van der Waals surface area contributed by atoms with Gasteiger partial charge in [0.1, 0.15) is 11.5 Å². The Morgan fingerprint density at radius 1 is 1.29 bits per heavy atom. The fourth-order valence-corrected chi connectivity index (χ4v) is 1.24. The van der Waals surface area contributed by atoms with Crippen molar-refractivity contribution in [2.45, 2.75) is 6.92 Å². The van der Waals surface area contributed by atoms with Crippen LogP contribution in [-0.4, -0.2) is 30.9 Å². The largest absolute Gasteiger partial charge is 0.497 e. The van der Waals surface area contributed by atoms with Gasteiger partial charge in [-0.1, -0.05) is 6.07 Å². The van der Waals surface area contributed by atoms with Crippen LogP contribution in [0.4, 0.5) is 0 Å². The topological polar surface area (TPSA) is 58.9 Å². The Labute approximate surface area is 83.2 Å². The van der Waals surface area contributed by atoms with Gasteiger partial charge in [0.05, 0.1) is 19.2 Å². The van der Waals surface area contributed by atoms with Crippen LogP contribution in [0.5, 0.6) is 11.5 Å². The predicted octanol–water partition coefficient (Wildman–Crippen LogP) is -0.226. The van der Waals surface area contributed by atoms with Crippen LogP contribution >= 0.6 is 0 Å². The molecule has 2 N–H and O–H groups in total. The Bertz CT molecular complexity index is 301. The number of methoxy groups -OCH3 is 1. The van der Waals surface area contributed by atoms with E-state index >= 15 is 0 Å². The van der Waals surface area contributed by atoms with Crippen molar-refractivity contribution >= 4 is 12.6 Å². The average Bonchev–Trinajstić information content (AvgIpc) is 2.17. The van der Waals surface area contributed by atoms with E-state index < -0.39 is 7.12 Å². The molecule has 0 aliphatic rings. The minimum absolute atomic E-state index is 0.261. The third-order valence-corrected chi connectivity index (χ3v) is 1.80. The Balaban J connectivity index is 3.14. The molecule has 0 heterocycles. The number of hydrogen-bond acceptors (Lipinski definition) is 4. The lowest BCUT2D eigenvalue weighted by Crippen LogP contribution is -2.32. The fraction of sp³-hybridized carbons (Fsp3) is 0.333. The molecule has 0 saturated heterocycles. The molecule has 4 nitrogen and oxygen atoms in total. The monoisotopic (exact) mass is 196 g/mol. The van der Waals surface area contributed by atoms with E-state index in [0.717, 1.165) is 0 Å². The van der Waals surface area contributed by atoms with Gasteiger partial charge in [-0.2, -0.15) is 0 Å². The molecule has 0 amide bonds. The summed E-state index contributed by atoms with van der Waals surface area (Å²) in [4.78, 5) is 0. The van der Waals surface area contributed by atoms with Crippen molar-refractivity contribution in [3.8, 4) is 11.5 Å². The summed E-state index contributed by atoms with van der Waals surface area (Å²) in [6.45, 7) is 2.29. The predicted molar refractivity (Wildman–Crippen MR) is 54.0 cm³/mol. The Hall–Kier alpha value is -1.20. The third kappa shape index (κ3) is 2.18. The Morgan fingerprint density at radius 2 is 1.93 bits per heavy atom. The first-order valence-electron chi connectivity index (χ1n) is 4.36. The SMILES string of the molecule is CCOc1cccc(OC)c1B(O)O. The summed E-state index contributed by atoms with van der Waals surface area (Å²) in [5, 5.41) is 18.3. The van der Waals surface area contributed by atoms with Crippen LogP contribution in [-0.2, 0) is 0 Å². The first-order chi connectivity index (χ1) is 6.70. The fourth-order valence-electron chi connectivity index (χ4n) is 1.24. The standard InChI is InChI=1S/C9H13BO4/c1-3-14-8-6-4-5-7(13-2)9(8)10(11)12/h4-6,11-12H,3H2,1-2H3. The molecule has 0 unspecified atom stereocenters. The first-order valence-corrected chi connectivity index (χ1v) is 4.36. The minimum atomic E-state index is -1.59. The average molecular weight is 196 g/mol. The molecule has 0 aromatic heterocycles. The van der Waals surface area contributed by atoms with Crippen molar-refractivity contribution in [3.63, 3.8) is 0 Å². The van der Waals surface area contributed by atoms with Crippen molar-refractivity contribution in [3.05, 3.63) is 18.2 Å². The zero-order valence-electron chi connectivity index (χ0n) is 8.23. The van der Waals surface area contributed by atoms with Crippen LogP contribution in [0.3, 0.4) is 0 Å². The van der Waals surface area contributed by atoms with Gasteiger partial charge in [-0.25, -0.2) is 0 Å². The maximum atomic E-state index is 9.14. The maximum absolute atomic E-state index is 9.14. The van der Waals surface area contributed by atoms with E-state index in [-0.39, 0.29) is 5.46 Å². The minimum Gasteiger partial charge on any atom is -0.497 e. The van der Waals surface area contributed by atoms with Crippen LogP contribution in [0.25, 0.3) is 0 Å². The Kier molecular flexibility index (Phi) is 3.79. The molecule has 0 spiro atoms. The molecule has 14 heavy (non-hydrogen) atoms. The number of ether oxygens (including phenoxy) is 2. The smallest absolute Gasteiger partial charge is 0.496 e. The second-order valence-electron chi connectivity index (χ2n) is 2.68. The molecule has 76 valence electrons. The summed E-state index contributed by atoms with van der Waals surface area (Å²) in [5.41, 5.74) is 0.261. The molecule has 1 aromatic rings. The number of benzene rings is 1. The highest BCUT2D eigenvalue weighted by Gasteiger charge is 2.22. The molecule has 0 bridgehead atoms. The molecule has 0 aliphatic carbocycles. The highest BCUT2D eigenvalue weighted by molar-refractivity contribution is 6.60. The van der Waals surface area contributed by atoms with Gasteiger partial charge in [-0.3, -0.25) is 0 Å². The van der Waals surface area contributed by atoms with Gasteiger partial charge in [0.15, 0.2) is 0 Å². The summed E-state index contributed by atoms with van der Waals surface area (Å²) in [7, 11) is -0.121. The van der Waals surface area contributed by atoms with Gasteiger partial charge in [-0.15, -0.1) is 0 Å². The molecular weight excluding hydrogens is 183 g/mol. The lowest BCUT2D eigenvalue weighted by atomic mass is 9.78. The third-order valence-electron chi connectivity index (χ3n) is 1.80. The van der Waals surface area contributed by atoms with Crippen LogP contribution in [0.2, 0.25) is 0 Å². The number of rotatable bonds is 4. The van der Waals surface area contributed by atoms with Crippen molar-refractivity contribution in [1.82, 2.24) is 0 Å². The second kappa shape index (κ2) is 4.88.